The van der Waals surface area contributed by atoms with Crippen molar-refractivity contribution in [3.63, 3.8) is 0 Å². The lowest BCUT2D eigenvalue weighted by atomic mass is 10.0. The Kier molecular flexibility index (Phi) is 6.08. The van der Waals surface area contributed by atoms with Crippen molar-refractivity contribution in [1.29, 1.82) is 0 Å². The number of nitrogens with zero attached hydrogens (tertiary/aromatic N) is 4. The number of hydrogen-bond acceptors (Lipinski definition) is 6. The second kappa shape index (κ2) is 8.93. The molecule has 0 unspecified atom stereocenters. The molecule has 0 radical (unpaired) electrons. The normalized spacial score (nSPS) is 13.3. The van der Waals surface area contributed by atoms with Crippen LogP contribution in [0.1, 0.15) is 32.2 Å². The van der Waals surface area contributed by atoms with Crippen molar-refractivity contribution in [3.8, 4) is 11.1 Å². The monoisotopic (exact) mass is 435 g/mol. The summed E-state index contributed by atoms with van der Waals surface area (Å²) in [6, 6.07) is 18.7. The van der Waals surface area contributed by atoms with E-state index in [0.29, 0.717) is 18.8 Å². The van der Waals surface area contributed by atoms with Gasteiger partial charge in [0.25, 0.3) is 0 Å². The lowest BCUT2D eigenvalue weighted by molar-refractivity contribution is 0.0528. The first-order valence-corrected chi connectivity index (χ1v) is 11.2. The molecule has 1 aromatic heterocycles. The molecule has 0 atom stereocenters. The SMILES string of the molecule is CC(C)(C)OC(=O)NCCc1nnc2n1N=C(c1ccc(-c3ccccc3)cc1)CS2. The summed E-state index contributed by atoms with van der Waals surface area (Å²) in [4.78, 5) is 11.8. The van der Waals surface area contributed by atoms with Crippen molar-refractivity contribution in [2.75, 3.05) is 12.3 Å². The molecule has 0 fully saturated rings. The van der Waals surface area contributed by atoms with E-state index < -0.39 is 11.7 Å². The van der Waals surface area contributed by atoms with Gasteiger partial charge < -0.3 is 10.1 Å². The number of amides is 1. The first kappa shape index (κ1) is 21.1. The maximum atomic E-state index is 11.8. The van der Waals surface area contributed by atoms with Crippen LogP contribution in [0.25, 0.3) is 11.1 Å². The molecule has 0 aliphatic carbocycles. The van der Waals surface area contributed by atoms with Crippen LogP contribution in [0.5, 0.6) is 0 Å². The van der Waals surface area contributed by atoms with Gasteiger partial charge in [-0.15, -0.1) is 10.2 Å². The molecule has 0 bridgehead atoms. The summed E-state index contributed by atoms with van der Waals surface area (Å²) in [6.45, 7) is 5.90. The van der Waals surface area contributed by atoms with E-state index in [1.807, 2.05) is 39.0 Å². The van der Waals surface area contributed by atoms with Gasteiger partial charge in [0, 0.05) is 18.7 Å². The minimum atomic E-state index is -0.524. The van der Waals surface area contributed by atoms with Crippen molar-refractivity contribution < 1.29 is 9.53 Å². The quantitative estimate of drug-likeness (QED) is 0.644. The number of nitrogens with one attached hydrogen (secondary N) is 1. The Morgan fingerprint density at radius 3 is 2.42 bits per heavy atom. The van der Waals surface area contributed by atoms with Gasteiger partial charge in [-0.1, -0.05) is 66.4 Å². The average Bonchev–Trinajstić information content (AvgIpc) is 3.15. The summed E-state index contributed by atoms with van der Waals surface area (Å²) >= 11 is 1.61. The molecule has 160 valence electrons. The van der Waals surface area contributed by atoms with Gasteiger partial charge in [-0.3, -0.25) is 0 Å². The molecule has 31 heavy (non-hydrogen) atoms. The Balaban J connectivity index is 1.45. The maximum Gasteiger partial charge on any atom is 0.407 e. The highest BCUT2D eigenvalue weighted by molar-refractivity contribution is 7.99. The number of carbonyl (C=O) groups is 1. The van der Waals surface area contributed by atoms with Crippen LogP contribution >= 0.6 is 11.8 Å². The van der Waals surface area contributed by atoms with Gasteiger partial charge in [0.1, 0.15) is 5.60 Å². The van der Waals surface area contributed by atoms with Crippen molar-refractivity contribution in [1.82, 2.24) is 20.2 Å². The number of ether oxygens (including phenoxy) is 1. The number of thioether (sulfide) groups is 1. The number of carbonyl (C=O) groups excluding carboxylic acids is 1. The number of benzene rings is 2. The molecule has 1 amide bonds. The van der Waals surface area contributed by atoms with Crippen LogP contribution in [0.15, 0.2) is 64.9 Å². The second-order valence-electron chi connectivity index (χ2n) is 8.17. The van der Waals surface area contributed by atoms with E-state index in [0.717, 1.165) is 22.2 Å². The number of rotatable bonds is 5. The largest absolute Gasteiger partial charge is 0.444 e. The molecule has 0 spiro atoms. The highest BCUT2D eigenvalue weighted by atomic mass is 32.2. The van der Waals surface area contributed by atoms with Gasteiger partial charge in [0.2, 0.25) is 5.16 Å². The van der Waals surface area contributed by atoms with E-state index in [4.69, 9.17) is 9.84 Å². The third-order valence-corrected chi connectivity index (χ3v) is 5.51. The molecular weight excluding hydrogens is 410 g/mol. The van der Waals surface area contributed by atoms with Crippen LogP contribution < -0.4 is 5.32 Å². The van der Waals surface area contributed by atoms with E-state index in [9.17, 15) is 4.79 Å². The van der Waals surface area contributed by atoms with Crippen LogP contribution in [0.4, 0.5) is 4.79 Å². The molecule has 0 saturated carbocycles. The van der Waals surface area contributed by atoms with Crippen molar-refractivity contribution in [2.45, 2.75) is 37.9 Å². The zero-order valence-electron chi connectivity index (χ0n) is 17.8. The predicted octanol–water partition coefficient (Wildman–Crippen LogP) is 4.37. The summed E-state index contributed by atoms with van der Waals surface area (Å²) in [6.07, 6.45) is 0.0687. The van der Waals surface area contributed by atoms with Crippen LogP contribution in [0.3, 0.4) is 0 Å². The Hall–Kier alpha value is -3.13. The lowest BCUT2D eigenvalue weighted by Gasteiger charge is -2.19. The van der Waals surface area contributed by atoms with Gasteiger partial charge in [0.15, 0.2) is 5.82 Å². The van der Waals surface area contributed by atoms with Crippen molar-refractivity contribution in [2.24, 2.45) is 5.10 Å². The summed E-state index contributed by atoms with van der Waals surface area (Å²) in [5, 5.41) is 16.8. The molecule has 1 N–H and O–H groups in total. The predicted molar refractivity (Wildman–Crippen MR) is 122 cm³/mol. The fourth-order valence-corrected chi connectivity index (χ4v) is 4.00. The molecule has 1 aliphatic heterocycles. The van der Waals surface area contributed by atoms with Gasteiger partial charge >= 0.3 is 6.09 Å². The third-order valence-electron chi connectivity index (χ3n) is 4.58. The molecule has 1 aliphatic rings. The summed E-state index contributed by atoms with van der Waals surface area (Å²) < 4.78 is 7.03. The minimum absolute atomic E-state index is 0.397. The molecule has 7 nitrogen and oxygen atoms in total. The van der Waals surface area contributed by atoms with E-state index in [2.05, 4.69) is 51.9 Å². The highest BCUT2D eigenvalue weighted by Gasteiger charge is 2.20. The van der Waals surface area contributed by atoms with Gasteiger partial charge in [-0.25, -0.2) is 4.79 Å². The molecule has 2 heterocycles. The van der Waals surface area contributed by atoms with Crippen LogP contribution in [-0.2, 0) is 11.2 Å². The Morgan fingerprint density at radius 1 is 1.03 bits per heavy atom. The number of hydrogen-bond donors (Lipinski definition) is 1. The average molecular weight is 436 g/mol. The lowest BCUT2D eigenvalue weighted by Crippen LogP contribution is -2.33. The second-order valence-corrected chi connectivity index (χ2v) is 9.11. The molecular formula is C23H25N5O2S. The molecule has 8 heteroatoms. The zero-order chi connectivity index (χ0) is 21.8. The zero-order valence-corrected chi connectivity index (χ0v) is 18.6. The fourth-order valence-electron chi connectivity index (χ4n) is 3.14. The van der Waals surface area contributed by atoms with Crippen molar-refractivity contribution >= 4 is 23.6 Å². The molecule has 4 rings (SSSR count). The van der Waals surface area contributed by atoms with Crippen LogP contribution in [-0.4, -0.2) is 44.6 Å². The Labute approximate surface area is 185 Å². The molecule has 3 aromatic rings. The van der Waals surface area contributed by atoms with Gasteiger partial charge in [-0.05, 0) is 37.5 Å². The van der Waals surface area contributed by atoms with Gasteiger partial charge in [0.05, 0.1) is 5.71 Å². The van der Waals surface area contributed by atoms with Crippen LogP contribution in [0.2, 0.25) is 0 Å². The molecule has 2 aromatic carbocycles. The Morgan fingerprint density at radius 2 is 1.71 bits per heavy atom. The maximum absolute atomic E-state index is 11.8. The number of fused-ring (bicyclic) bond motifs is 1. The summed E-state index contributed by atoms with van der Waals surface area (Å²) in [5.41, 5.74) is 3.88. The summed E-state index contributed by atoms with van der Waals surface area (Å²) in [7, 11) is 0. The first-order valence-electron chi connectivity index (χ1n) is 10.2. The third kappa shape index (κ3) is 5.32. The standard InChI is InChI=1S/C23H25N5O2S/c1-23(2,3)30-22(29)24-14-13-20-25-26-21-28(20)27-19(15-31-21)18-11-9-17(10-12-18)16-7-5-4-6-8-16/h4-12H,13-15H2,1-3H3,(H,24,29). The first-order chi connectivity index (χ1) is 14.9. The fraction of sp³-hybridized carbons (Fsp3) is 0.304. The Bertz CT molecular complexity index is 1090. The number of aromatic nitrogens is 3. The topological polar surface area (TPSA) is 81.4 Å². The molecule has 0 saturated heterocycles. The van der Waals surface area contributed by atoms with Gasteiger partial charge in [-0.2, -0.15) is 9.78 Å². The number of alkyl carbamates (subject to hydrolysis) is 1. The van der Waals surface area contributed by atoms with Crippen molar-refractivity contribution in [3.05, 3.63) is 66.0 Å². The minimum Gasteiger partial charge on any atom is -0.444 e. The highest BCUT2D eigenvalue weighted by Crippen LogP contribution is 2.25. The summed E-state index contributed by atoms with van der Waals surface area (Å²) in [5.74, 6) is 1.44. The van der Waals surface area contributed by atoms with Crippen LogP contribution in [0, 0.1) is 0 Å². The smallest absolute Gasteiger partial charge is 0.407 e. The van der Waals surface area contributed by atoms with E-state index >= 15 is 0 Å². The van der Waals surface area contributed by atoms with E-state index in [-0.39, 0.29) is 0 Å². The van der Waals surface area contributed by atoms with E-state index in [1.54, 1.807) is 16.4 Å². The van der Waals surface area contributed by atoms with E-state index in [1.165, 1.54) is 11.1 Å².